The van der Waals surface area contributed by atoms with Gasteiger partial charge in [-0.1, -0.05) is 0 Å². The number of aromatic nitrogens is 4. The summed E-state index contributed by atoms with van der Waals surface area (Å²) < 4.78 is 9.86. The van der Waals surface area contributed by atoms with Gasteiger partial charge in [0.05, 0.1) is 24.4 Å². The van der Waals surface area contributed by atoms with Gasteiger partial charge in [-0.05, 0) is 56.0 Å². The molecular weight excluding hydrogens is 472 g/mol. The lowest BCUT2D eigenvalue weighted by molar-refractivity contribution is 0.0570. The average Bonchev–Trinajstić information content (AvgIpc) is 3.60. The molecule has 10 nitrogen and oxygen atoms in total. The van der Waals surface area contributed by atoms with Crippen LogP contribution in [-0.4, -0.2) is 78.8 Å². The number of benzene rings is 1. The number of imidazole rings is 1. The molecule has 10 heteroatoms. The Morgan fingerprint density at radius 3 is 2.76 bits per heavy atom. The van der Waals surface area contributed by atoms with Crippen molar-refractivity contribution in [3.63, 3.8) is 0 Å². The van der Waals surface area contributed by atoms with Crippen LogP contribution in [0.2, 0.25) is 0 Å². The van der Waals surface area contributed by atoms with Crippen LogP contribution in [0.25, 0.3) is 33.6 Å². The fraction of sp³-hybridized carbons (Fsp3) is 0.407. The summed E-state index contributed by atoms with van der Waals surface area (Å²) in [4.78, 5) is 38.1. The van der Waals surface area contributed by atoms with Gasteiger partial charge >= 0.3 is 6.09 Å². The van der Waals surface area contributed by atoms with Crippen molar-refractivity contribution in [1.29, 1.82) is 0 Å². The summed E-state index contributed by atoms with van der Waals surface area (Å²) in [5, 5.41) is 10.6. The number of methoxy groups -OCH3 is 1. The molecule has 2 saturated heterocycles. The normalized spacial score (nSPS) is 19.5. The van der Waals surface area contributed by atoms with Gasteiger partial charge in [-0.3, -0.25) is 4.79 Å². The van der Waals surface area contributed by atoms with E-state index in [1.807, 2.05) is 29.8 Å². The molecular formula is C27H30N6O4. The van der Waals surface area contributed by atoms with Crippen LogP contribution in [0.1, 0.15) is 30.1 Å². The predicted octanol–water partition coefficient (Wildman–Crippen LogP) is 3.83. The van der Waals surface area contributed by atoms with E-state index in [0.717, 1.165) is 47.5 Å². The average molecular weight is 503 g/mol. The van der Waals surface area contributed by atoms with Crippen LogP contribution in [-0.2, 0) is 13.6 Å². The number of hydrogen-bond acceptors (Lipinski definition) is 5. The fourth-order valence-electron chi connectivity index (χ4n) is 6.16. The summed E-state index contributed by atoms with van der Waals surface area (Å²) in [5.41, 5.74) is 3.82. The molecule has 0 radical (unpaired) electrons. The molecule has 2 aliphatic rings. The lowest BCUT2D eigenvalue weighted by Crippen LogP contribution is -2.51. The second kappa shape index (κ2) is 8.79. The fourth-order valence-corrected chi connectivity index (χ4v) is 6.16. The Hall–Kier alpha value is -4.08. The monoisotopic (exact) mass is 502 g/mol. The van der Waals surface area contributed by atoms with E-state index in [2.05, 4.69) is 22.5 Å². The summed E-state index contributed by atoms with van der Waals surface area (Å²) in [6, 6.07) is 9.49. The van der Waals surface area contributed by atoms with Crippen molar-refractivity contribution >= 4 is 34.1 Å². The lowest BCUT2D eigenvalue weighted by atomic mass is 9.92. The molecule has 0 unspecified atom stereocenters. The van der Waals surface area contributed by atoms with Gasteiger partial charge in [0.2, 0.25) is 0 Å². The maximum absolute atomic E-state index is 13.6. The number of nitrogens with zero attached hydrogens (tertiary/aromatic N) is 6. The van der Waals surface area contributed by atoms with Crippen LogP contribution in [0.3, 0.4) is 0 Å². The molecule has 6 rings (SSSR count). The van der Waals surface area contributed by atoms with Gasteiger partial charge in [0.15, 0.2) is 5.82 Å². The van der Waals surface area contributed by atoms with Crippen LogP contribution in [0.15, 0.2) is 36.5 Å². The molecule has 1 N–H and O–H groups in total. The number of pyridine rings is 1. The van der Waals surface area contributed by atoms with Crippen molar-refractivity contribution in [2.24, 2.45) is 13.0 Å². The molecule has 4 aromatic rings. The number of aryl methyl sites for hydroxylation is 2. The summed E-state index contributed by atoms with van der Waals surface area (Å²) in [5.74, 6) is 1.52. The third-order valence-corrected chi connectivity index (χ3v) is 8.00. The summed E-state index contributed by atoms with van der Waals surface area (Å²) in [6.07, 6.45) is 2.55. The third kappa shape index (κ3) is 3.61. The Bertz CT molecular complexity index is 1540. The molecule has 3 aromatic heterocycles. The second-order valence-corrected chi connectivity index (χ2v) is 9.86. The standard InChI is InChI=1S/C27H30N6O4/c1-4-32-20(13-17-6-5-9-28-24(17)32)25-29-19-12-18(14-22(37-3)23(19)30(25)2)26(34)31-10-7-16-8-11-33(27(35)36)21(16)15-31/h5-6,9,12-14,16,21H,4,7-8,10-11,15H2,1-3H3,(H,35,36)/t16-,21+/m1/s1. The Morgan fingerprint density at radius 2 is 2.00 bits per heavy atom. The quantitative estimate of drug-likeness (QED) is 0.455. The van der Waals surface area contributed by atoms with E-state index in [4.69, 9.17) is 9.72 Å². The Morgan fingerprint density at radius 1 is 1.19 bits per heavy atom. The van der Waals surface area contributed by atoms with E-state index in [1.54, 1.807) is 24.3 Å². The first-order valence-electron chi connectivity index (χ1n) is 12.7. The number of ether oxygens (including phenoxy) is 1. The van der Waals surface area contributed by atoms with Crippen molar-refractivity contribution in [2.45, 2.75) is 32.4 Å². The van der Waals surface area contributed by atoms with E-state index in [1.165, 1.54) is 4.90 Å². The van der Waals surface area contributed by atoms with Crippen LogP contribution < -0.4 is 4.74 Å². The van der Waals surface area contributed by atoms with E-state index >= 15 is 0 Å². The first-order valence-corrected chi connectivity index (χ1v) is 12.7. The van der Waals surface area contributed by atoms with Crippen LogP contribution in [0.4, 0.5) is 4.79 Å². The Labute approximate surface area is 214 Å². The summed E-state index contributed by atoms with van der Waals surface area (Å²) in [7, 11) is 3.54. The number of likely N-dealkylation sites (tertiary alicyclic amines) is 2. The van der Waals surface area contributed by atoms with Gasteiger partial charge in [-0.2, -0.15) is 0 Å². The van der Waals surface area contributed by atoms with Crippen molar-refractivity contribution in [1.82, 2.24) is 28.9 Å². The maximum Gasteiger partial charge on any atom is 0.407 e. The number of piperidine rings is 1. The zero-order chi connectivity index (χ0) is 25.8. The molecule has 0 spiro atoms. The van der Waals surface area contributed by atoms with Gasteiger partial charge in [-0.25, -0.2) is 14.8 Å². The van der Waals surface area contributed by atoms with Crippen LogP contribution in [0, 0.1) is 5.92 Å². The predicted molar refractivity (Wildman–Crippen MR) is 139 cm³/mol. The Balaban J connectivity index is 1.39. The maximum atomic E-state index is 13.6. The minimum atomic E-state index is -0.911. The highest BCUT2D eigenvalue weighted by Gasteiger charge is 2.42. The molecule has 2 aliphatic heterocycles. The van der Waals surface area contributed by atoms with Crippen molar-refractivity contribution < 1.29 is 19.4 Å². The largest absolute Gasteiger partial charge is 0.494 e. The van der Waals surface area contributed by atoms with Gasteiger partial charge in [0.25, 0.3) is 5.91 Å². The number of amides is 2. The highest BCUT2D eigenvalue weighted by Crippen LogP contribution is 2.36. The molecule has 0 aliphatic carbocycles. The molecule has 0 bridgehead atoms. The topological polar surface area (TPSA) is 106 Å². The minimum absolute atomic E-state index is 0.130. The molecule has 2 fully saturated rings. The van der Waals surface area contributed by atoms with Gasteiger partial charge in [0, 0.05) is 50.4 Å². The third-order valence-electron chi connectivity index (χ3n) is 8.00. The number of carbonyl (C=O) groups is 2. The van der Waals surface area contributed by atoms with Crippen molar-refractivity contribution in [3.8, 4) is 17.3 Å². The second-order valence-electron chi connectivity index (χ2n) is 9.86. The van der Waals surface area contributed by atoms with Gasteiger partial charge < -0.3 is 28.8 Å². The highest BCUT2D eigenvalue weighted by molar-refractivity contribution is 6.00. The number of rotatable bonds is 4. The van der Waals surface area contributed by atoms with Gasteiger partial charge in [0.1, 0.15) is 16.9 Å². The summed E-state index contributed by atoms with van der Waals surface area (Å²) in [6.45, 7) is 4.38. The lowest BCUT2D eigenvalue weighted by Gasteiger charge is -2.37. The molecule has 1 aromatic carbocycles. The first kappa shape index (κ1) is 23.3. The highest BCUT2D eigenvalue weighted by atomic mass is 16.5. The van der Waals surface area contributed by atoms with Crippen molar-refractivity contribution in [2.75, 3.05) is 26.7 Å². The molecule has 37 heavy (non-hydrogen) atoms. The number of carboxylic acid groups (broad SMARTS) is 1. The molecule has 5 heterocycles. The summed E-state index contributed by atoms with van der Waals surface area (Å²) >= 11 is 0. The number of carbonyl (C=O) groups excluding carboxylic acids is 1. The van der Waals surface area contributed by atoms with E-state index in [0.29, 0.717) is 42.4 Å². The Kier molecular flexibility index (Phi) is 5.54. The first-order chi connectivity index (χ1) is 17.9. The molecule has 192 valence electrons. The number of hydrogen-bond donors (Lipinski definition) is 1. The molecule has 2 atom stereocenters. The smallest absolute Gasteiger partial charge is 0.407 e. The van der Waals surface area contributed by atoms with Gasteiger partial charge in [-0.15, -0.1) is 0 Å². The van der Waals surface area contributed by atoms with Crippen LogP contribution in [0.5, 0.6) is 5.75 Å². The number of fused-ring (bicyclic) bond motifs is 3. The molecule has 0 saturated carbocycles. The zero-order valence-electron chi connectivity index (χ0n) is 21.2. The zero-order valence-corrected chi connectivity index (χ0v) is 21.2. The van der Waals surface area contributed by atoms with Crippen molar-refractivity contribution in [3.05, 3.63) is 42.1 Å². The van der Waals surface area contributed by atoms with E-state index in [-0.39, 0.29) is 11.9 Å². The SMILES string of the molecule is CCn1c(-c2nc3cc(C(=O)N4CC[C@@H]5CCN(C(=O)O)[C@H]5C4)cc(OC)c3n2C)cc2cccnc21. The van der Waals surface area contributed by atoms with E-state index in [9.17, 15) is 14.7 Å². The molecule has 2 amide bonds. The van der Waals surface area contributed by atoms with E-state index < -0.39 is 6.09 Å². The van der Waals surface area contributed by atoms with Crippen LogP contribution >= 0.6 is 0 Å². The minimum Gasteiger partial charge on any atom is -0.494 e.